The fraction of sp³-hybridized carbons (Fsp3) is 0.231. The summed E-state index contributed by atoms with van der Waals surface area (Å²) in [4.78, 5) is 2.12. The lowest BCUT2D eigenvalue weighted by Crippen LogP contribution is -2.08. The molecule has 0 aliphatic carbocycles. The van der Waals surface area contributed by atoms with Crippen LogP contribution in [0.1, 0.15) is 19.4 Å². The lowest BCUT2D eigenvalue weighted by Gasteiger charge is -2.16. The summed E-state index contributed by atoms with van der Waals surface area (Å²) in [5.74, 6) is 0. The Morgan fingerprint density at radius 1 is 1.07 bits per heavy atom. The maximum atomic E-state index is 2.12. The highest BCUT2D eigenvalue weighted by Crippen LogP contribution is 2.20. The molecular formula is C13H17N. The van der Waals surface area contributed by atoms with Gasteiger partial charge in [0.2, 0.25) is 0 Å². The topological polar surface area (TPSA) is 3.24 Å². The van der Waals surface area contributed by atoms with E-state index in [9.17, 15) is 0 Å². The van der Waals surface area contributed by atoms with Crippen LogP contribution in [-0.2, 0) is 0 Å². The van der Waals surface area contributed by atoms with E-state index in [1.165, 1.54) is 11.3 Å². The Morgan fingerprint density at radius 3 is 2.43 bits per heavy atom. The van der Waals surface area contributed by atoms with Crippen LogP contribution in [0.4, 0.5) is 5.69 Å². The summed E-state index contributed by atoms with van der Waals surface area (Å²) in [5, 5.41) is 0. The van der Waals surface area contributed by atoms with Crippen LogP contribution in [0.3, 0.4) is 0 Å². The second kappa shape index (κ2) is 5.28. The van der Waals surface area contributed by atoms with Gasteiger partial charge >= 0.3 is 0 Å². The summed E-state index contributed by atoms with van der Waals surface area (Å²) >= 11 is 0. The molecule has 0 fully saturated rings. The first kappa shape index (κ1) is 10.6. The molecule has 1 nitrogen and oxygen atoms in total. The van der Waals surface area contributed by atoms with Crippen molar-refractivity contribution in [1.82, 2.24) is 0 Å². The summed E-state index contributed by atoms with van der Waals surface area (Å²) in [7, 11) is 2.06. The summed E-state index contributed by atoms with van der Waals surface area (Å²) in [6.45, 7) is 4.06. The highest BCUT2D eigenvalue weighted by molar-refractivity contribution is 5.68. The van der Waals surface area contributed by atoms with E-state index in [0.29, 0.717) is 0 Å². The number of hydrogen-bond acceptors (Lipinski definition) is 1. The van der Waals surface area contributed by atoms with Gasteiger partial charge in [0.05, 0.1) is 0 Å². The molecule has 14 heavy (non-hydrogen) atoms. The molecule has 1 aromatic carbocycles. The first-order chi connectivity index (χ1) is 6.79. The van der Waals surface area contributed by atoms with E-state index in [-0.39, 0.29) is 0 Å². The minimum atomic E-state index is 1.23. The van der Waals surface area contributed by atoms with E-state index in [2.05, 4.69) is 54.6 Å². The van der Waals surface area contributed by atoms with Crippen molar-refractivity contribution in [3.8, 4) is 0 Å². The van der Waals surface area contributed by atoms with E-state index in [1.54, 1.807) is 0 Å². The highest BCUT2D eigenvalue weighted by Gasteiger charge is 2.00. The Kier molecular flexibility index (Phi) is 3.99. The Balaban J connectivity index is 3.06. The van der Waals surface area contributed by atoms with E-state index >= 15 is 0 Å². The molecule has 0 amide bonds. The van der Waals surface area contributed by atoms with Gasteiger partial charge in [-0.2, -0.15) is 0 Å². The maximum absolute atomic E-state index is 2.12. The predicted molar refractivity (Wildman–Crippen MR) is 64.4 cm³/mol. The average molecular weight is 187 g/mol. The third-order valence-electron chi connectivity index (χ3n) is 2.04. The molecule has 1 rings (SSSR count). The van der Waals surface area contributed by atoms with Crippen molar-refractivity contribution in [2.24, 2.45) is 0 Å². The first-order valence-electron chi connectivity index (χ1n) is 4.87. The second-order valence-electron chi connectivity index (χ2n) is 3.15. The van der Waals surface area contributed by atoms with Crippen LogP contribution in [0.2, 0.25) is 0 Å². The molecule has 0 saturated heterocycles. The third-order valence-corrected chi connectivity index (χ3v) is 2.04. The number of hydrogen-bond donors (Lipinski definition) is 0. The SMILES string of the molecule is C/C=C\c1ccccc1N(C)/C=C/C. The molecular weight excluding hydrogens is 170 g/mol. The van der Waals surface area contributed by atoms with Crippen LogP contribution in [0, 0.1) is 0 Å². The quantitative estimate of drug-likeness (QED) is 0.697. The van der Waals surface area contributed by atoms with Crippen molar-refractivity contribution in [1.29, 1.82) is 0 Å². The zero-order valence-corrected chi connectivity index (χ0v) is 9.07. The van der Waals surface area contributed by atoms with Gasteiger partial charge in [-0.15, -0.1) is 0 Å². The van der Waals surface area contributed by atoms with Crippen LogP contribution in [0.5, 0.6) is 0 Å². The van der Waals surface area contributed by atoms with Gasteiger partial charge in [0.25, 0.3) is 0 Å². The standard InChI is InChI=1S/C13H17N/c1-4-8-12-9-6-7-10-13(12)14(3)11-5-2/h4-11H,1-3H3/b8-4-,11-5+. The lowest BCUT2D eigenvalue weighted by molar-refractivity contribution is 1.19. The number of rotatable bonds is 3. The van der Waals surface area contributed by atoms with Gasteiger partial charge in [0.1, 0.15) is 0 Å². The molecule has 0 heterocycles. The zero-order chi connectivity index (χ0) is 10.4. The second-order valence-corrected chi connectivity index (χ2v) is 3.15. The van der Waals surface area contributed by atoms with Crippen molar-refractivity contribution in [3.63, 3.8) is 0 Å². The van der Waals surface area contributed by atoms with Crippen LogP contribution in [0.15, 0.2) is 42.6 Å². The molecule has 0 aliphatic rings. The molecule has 74 valence electrons. The molecule has 0 bridgehead atoms. The minimum absolute atomic E-state index is 1.23. The average Bonchev–Trinajstić information content (AvgIpc) is 2.19. The van der Waals surface area contributed by atoms with Crippen molar-refractivity contribution in [2.45, 2.75) is 13.8 Å². The largest absolute Gasteiger partial charge is 0.351 e. The smallest absolute Gasteiger partial charge is 0.0476 e. The molecule has 0 aromatic heterocycles. The van der Waals surface area contributed by atoms with Crippen LogP contribution in [0.25, 0.3) is 6.08 Å². The third kappa shape index (κ3) is 2.49. The molecule has 0 saturated carbocycles. The van der Waals surface area contributed by atoms with Gasteiger partial charge in [0.15, 0.2) is 0 Å². The molecule has 0 aliphatic heterocycles. The number of allylic oxidation sites excluding steroid dienone is 2. The highest BCUT2D eigenvalue weighted by atomic mass is 15.1. The first-order valence-corrected chi connectivity index (χ1v) is 4.87. The monoisotopic (exact) mass is 187 g/mol. The fourth-order valence-corrected chi connectivity index (χ4v) is 1.43. The van der Waals surface area contributed by atoms with Gasteiger partial charge in [-0.1, -0.05) is 36.4 Å². The van der Waals surface area contributed by atoms with E-state index < -0.39 is 0 Å². The normalized spacial score (nSPS) is 11.4. The maximum Gasteiger partial charge on any atom is 0.0476 e. The molecule has 0 spiro atoms. The van der Waals surface area contributed by atoms with Gasteiger partial charge in [-0.25, -0.2) is 0 Å². The van der Waals surface area contributed by atoms with Crippen molar-refractivity contribution < 1.29 is 0 Å². The Bertz CT molecular complexity index is 337. The number of anilines is 1. The van der Waals surface area contributed by atoms with E-state index in [0.717, 1.165) is 0 Å². The zero-order valence-electron chi connectivity index (χ0n) is 9.07. The number of nitrogens with zero attached hydrogens (tertiary/aromatic N) is 1. The van der Waals surface area contributed by atoms with Gasteiger partial charge in [0, 0.05) is 12.7 Å². The molecule has 0 atom stereocenters. The Morgan fingerprint density at radius 2 is 1.79 bits per heavy atom. The summed E-state index contributed by atoms with van der Waals surface area (Å²) < 4.78 is 0. The molecule has 0 N–H and O–H groups in total. The van der Waals surface area contributed by atoms with Crippen LogP contribution in [-0.4, -0.2) is 7.05 Å². The summed E-state index contributed by atoms with van der Waals surface area (Å²) in [6, 6.07) is 8.36. The number of para-hydroxylation sites is 1. The van der Waals surface area contributed by atoms with Gasteiger partial charge < -0.3 is 4.90 Å². The van der Waals surface area contributed by atoms with Crippen LogP contribution >= 0.6 is 0 Å². The lowest BCUT2D eigenvalue weighted by atomic mass is 10.1. The van der Waals surface area contributed by atoms with Crippen molar-refractivity contribution in [2.75, 3.05) is 11.9 Å². The fourth-order valence-electron chi connectivity index (χ4n) is 1.43. The summed E-state index contributed by atoms with van der Waals surface area (Å²) in [5.41, 5.74) is 2.47. The predicted octanol–water partition coefficient (Wildman–Crippen LogP) is 3.69. The molecule has 1 heteroatoms. The molecule has 0 unspecified atom stereocenters. The van der Waals surface area contributed by atoms with Crippen molar-refractivity contribution >= 4 is 11.8 Å². The van der Waals surface area contributed by atoms with Crippen molar-refractivity contribution in [3.05, 3.63) is 48.2 Å². The van der Waals surface area contributed by atoms with E-state index in [1.807, 2.05) is 19.9 Å². The summed E-state index contributed by atoms with van der Waals surface area (Å²) in [6.07, 6.45) is 8.27. The minimum Gasteiger partial charge on any atom is -0.351 e. The van der Waals surface area contributed by atoms with Crippen LogP contribution < -0.4 is 4.90 Å². The Labute approximate surface area is 86.4 Å². The Hall–Kier alpha value is -1.50. The molecule has 1 aromatic rings. The van der Waals surface area contributed by atoms with Gasteiger partial charge in [-0.3, -0.25) is 0 Å². The number of benzene rings is 1. The van der Waals surface area contributed by atoms with E-state index in [4.69, 9.17) is 0 Å². The molecule has 0 radical (unpaired) electrons. The van der Waals surface area contributed by atoms with Gasteiger partial charge in [-0.05, 0) is 31.7 Å².